The first-order valence-electron chi connectivity index (χ1n) is 8.85. The van der Waals surface area contributed by atoms with Gasteiger partial charge in [-0.05, 0) is 49.8 Å². The second kappa shape index (κ2) is 8.19. The number of nitrogens with one attached hydrogen (secondary N) is 2. The molecule has 3 unspecified atom stereocenters. The first-order chi connectivity index (χ1) is 11.5. The normalized spacial score (nSPS) is 24.8. The number of fused-ring (bicyclic) bond motifs is 1. The number of nitrogens with zero attached hydrogens (tertiary/aromatic N) is 1. The fraction of sp³-hybridized carbons (Fsp3) is 0.579. The molecule has 1 heterocycles. The summed E-state index contributed by atoms with van der Waals surface area (Å²) < 4.78 is 0. The Kier molecular flexibility index (Phi) is 6.47. The molecule has 0 aromatic heterocycles. The van der Waals surface area contributed by atoms with Crippen molar-refractivity contribution in [1.82, 2.24) is 10.2 Å². The van der Waals surface area contributed by atoms with E-state index in [1.54, 1.807) is 25.1 Å². The summed E-state index contributed by atoms with van der Waals surface area (Å²) in [5, 5.41) is 6.48. The Hall–Kier alpha value is -1.59. The number of benzene rings is 1. The number of amides is 2. The van der Waals surface area contributed by atoms with E-state index in [2.05, 4.69) is 10.6 Å². The smallest absolute Gasteiger partial charge is 0.253 e. The highest BCUT2D eigenvalue weighted by atomic mass is 35.5. The van der Waals surface area contributed by atoms with Gasteiger partial charge in [0, 0.05) is 31.4 Å². The van der Waals surface area contributed by atoms with Crippen LogP contribution in [0.5, 0.6) is 0 Å². The molecule has 0 radical (unpaired) electrons. The van der Waals surface area contributed by atoms with Gasteiger partial charge in [0.15, 0.2) is 0 Å². The Bertz CT molecular complexity index is 634. The monoisotopic (exact) mass is 365 g/mol. The molecule has 3 rings (SSSR count). The Morgan fingerprint density at radius 3 is 2.60 bits per heavy atom. The minimum Gasteiger partial charge on any atom is -0.345 e. The van der Waals surface area contributed by atoms with E-state index in [1.165, 1.54) is 25.7 Å². The number of anilines is 1. The third-order valence-electron chi connectivity index (χ3n) is 5.32. The molecule has 2 amide bonds. The molecule has 5 nitrogen and oxygen atoms in total. The molecule has 1 aliphatic carbocycles. The highest BCUT2D eigenvalue weighted by Crippen LogP contribution is 2.33. The van der Waals surface area contributed by atoms with Gasteiger partial charge in [0.1, 0.15) is 0 Å². The first-order valence-corrected chi connectivity index (χ1v) is 8.85. The third-order valence-corrected chi connectivity index (χ3v) is 5.32. The summed E-state index contributed by atoms with van der Waals surface area (Å²) in [6, 6.07) is 5.90. The third kappa shape index (κ3) is 4.33. The number of hydrogen-bond donors (Lipinski definition) is 2. The maximum Gasteiger partial charge on any atom is 0.253 e. The predicted molar refractivity (Wildman–Crippen MR) is 102 cm³/mol. The van der Waals surface area contributed by atoms with Crippen molar-refractivity contribution in [2.24, 2.45) is 5.92 Å². The van der Waals surface area contributed by atoms with Crippen LogP contribution in [0, 0.1) is 12.8 Å². The quantitative estimate of drug-likeness (QED) is 0.865. The summed E-state index contributed by atoms with van der Waals surface area (Å²) in [5.74, 6) is 0.600. The van der Waals surface area contributed by atoms with E-state index >= 15 is 0 Å². The number of carbonyl (C=O) groups is 2. The van der Waals surface area contributed by atoms with Crippen molar-refractivity contribution in [2.75, 3.05) is 19.4 Å². The summed E-state index contributed by atoms with van der Waals surface area (Å²) in [4.78, 5) is 26.4. The lowest BCUT2D eigenvalue weighted by molar-refractivity contribution is -0.117. The number of hydrogen-bond acceptors (Lipinski definition) is 3. The number of halogens is 1. The van der Waals surface area contributed by atoms with Crippen molar-refractivity contribution in [1.29, 1.82) is 0 Å². The van der Waals surface area contributed by atoms with Crippen molar-refractivity contribution >= 4 is 29.9 Å². The summed E-state index contributed by atoms with van der Waals surface area (Å²) in [5.41, 5.74) is 2.23. The standard InChI is InChI=1S/C19H27N3O2.ClH/c1-12-8-9-14(11-15(12)19(24)22(2)3)20-18(23)17-10-13-6-4-5-7-16(13)21-17;/h8-9,11,13,16-17,21H,4-7,10H2,1-3H3,(H,20,23);1H. The molecule has 2 aliphatic rings. The van der Waals surface area contributed by atoms with E-state index in [-0.39, 0.29) is 30.3 Å². The predicted octanol–water partition coefficient (Wildman–Crippen LogP) is 2.98. The molecule has 0 spiro atoms. The highest BCUT2D eigenvalue weighted by Gasteiger charge is 2.38. The molecule has 1 aliphatic heterocycles. The van der Waals surface area contributed by atoms with E-state index < -0.39 is 0 Å². The molecular formula is C19H28ClN3O2. The Labute approximate surface area is 155 Å². The van der Waals surface area contributed by atoms with Crippen molar-refractivity contribution in [2.45, 2.75) is 51.1 Å². The van der Waals surface area contributed by atoms with Gasteiger partial charge in [0.05, 0.1) is 6.04 Å². The Morgan fingerprint density at radius 1 is 1.20 bits per heavy atom. The molecule has 0 bridgehead atoms. The lowest BCUT2D eigenvalue weighted by atomic mass is 9.85. The molecule has 25 heavy (non-hydrogen) atoms. The van der Waals surface area contributed by atoms with Gasteiger partial charge in [-0.2, -0.15) is 0 Å². The second-order valence-corrected chi connectivity index (χ2v) is 7.32. The van der Waals surface area contributed by atoms with Gasteiger partial charge < -0.3 is 15.5 Å². The van der Waals surface area contributed by atoms with Crippen LogP contribution in [-0.4, -0.2) is 42.9 Å². The summed E-state index contributed by atoms with van der Waals surface area (Å²) >= 11 is 0. The fourth-order valence-electron chi connectivity index (χ4n) is 3.92. The average Bonchev–Trinajstić information content (AvgIpc) is 3.00. The van der Waals surface area contributed by atoms with Gasteiger partial charge in [0.2, 0.25) is 5.91 Å². The number of rotatable bonds is 3. The van der Waals surface area contributed by atoms with Crippen LogP contribution in [0.2, 0.25) is 0 Å². The lowest BCUT2D eigenvalue weighted by Gasteiger charge is -2.24. The van der Waals surface area contributed by atoms with Crippen LogP contribution in [0.1, 0.15) is 48.0 Å². The lowest BCUT2D eigenvalue weighted by Crippen LogP contribution is -2.39. The molecule has 6 heteroatoms. The van der Waals surface area contributed by atoms with Crippen molar-refractivity contribution in [3.05, 3.63) is 29.3 Å². The molecule has 1 aromatic rings. The van der Waals surface area contributed by atoms with Gasteiger partial charge in [-0.3, -0.25) is 9.59 Å². The maximum absolute atomic E-state index is 12.6. The number of aryl methyl sites for hydroxylation is 1. The topological polar surface area (TPSA) is 61.4 Å². The molecule has 1 saturated heterocycles. The first kappa shape index (κ1) is 19.7. The van der Waals surface area contributed by atoms with Gasteiger partial charge in [0.25, 0.3) is 5.91 Å². The average molecular weight is 366 g/mol. The molecule has 1 saturated carbocycles. The largest absolute Gasteiger partial charge is 0.345 e. The molecule has 138 valence electrons. The molecular weight excluding hydrogens is 338 g/mol. The van der Waals surface area contributed by atoms with E-state index in [1.807, 2.05) is 19.1 Å². The maximum atomic E-state index is 12.6. The summed E-state index contributed by atoms with van der Waals surface area (Å²) in [6.45, 7) is 1.91. The zero-order valence-corrected chi connectivity index (χ0v) is 16.0. The van der Waals surface area contributed by atoms with Gasteiger partial charge in [-0.15, -0.1) is 12.4 Å². The Balaban J connectivity index is 0.00000225. The van der Waals surface area contributed by atoms with Gasteiger partial charge >= 0.3 is 0 Å². The van der Waals surface area contributed by atoms with Crippen molar-refractivity contribution < 1.29 is 9.59 Å². The minimum absolute atomic E-state index is 0. The zero-order valence-electron chi connectivity index (χ0n) is 15.2. The van der Waals surface area contributed by atoms with Crippen LogP contribution in [0.4, 0.5) is 5.69 Å². The summed E-state index contributed by atoms with van der Waals surface area (Å²) in [6.07, 6.45) is 5.88. The van der Waals surface area contributed by atoms with Crippen LogP contribution in [0.3, 0.4) is 0 Å². The van der Waals surface area contributed by atoms with E-state index in [4.69, 9.17) is 0 Å². The van der Waals surface area contributed by atoms with Gasteiger partial charge in [-0.25, -0.2) is 0 Å². The van der Waals surface area contributed by atoms with E-state index in [0.29, 0.717) is 23.2 Å². The summed E-state index contributed by atoms with van der Waals surface area (Å²) in [7, 11) is 3.47. The molecule has 2 fully saturated rings. The van der Waals surface area contributed by atoms with Crippen LogP contribution >= 0.6 is 12.4 Å². The molecule has 1 aromatic carbocycles. The van der Waals surface area contributed by atoms with E-state index in [9.17, 15) is 9.59 Å². The van der Waals surface area contributed by atoms with E-state index in [0.717, 1.165) is 12.0 Å². The van der Waals surface area contributed by atoms with Crippen molar-refractivity contribution in [3.8, 4) is 0 Å². The molecule has 3 atom stereocenters. The Morgan fingerprint density at radius 2 is 1.92 bits per heavy atom. The number of carbonyl (C=O) groups excluding carboxylic acids is 2. The highest BCUT2D eigenvalue weighted by molar-refractivity contribution is 5.99. The van der Waals surface area contributed by atoms with Crippen LogP contribution in [0.25, 0.3) is 0 Å². The molecule has 2 N–H and O–H groups in total. The van der Waals surface area contributed by atoms with Crippen LogP contribution in [-0.2, 0) is 4.79 Å². The minimum atomic E-state index is -0.118. The SMILES string of the molecule is Cc1ccc(NC(=O)C2CC3CCCCC3N2)cc1C(=O)N(C)C.Cl. The van der Waals surface area contributed by atoms with Crippen molar-refractivity contribution in [3.63, 3.8) is 0 Å². The van der Waals surface area contributed by atoms with Gasteiger partial charge in [-0.1, -0.05) is 18.9 Å². The zero-order chi connectivity index (χ0) is 17.3. The van der Waals surface area contributed by atoms with Crippen LogP contribution < -0.4 is 10.6 Å². The second-order valence-electron chi connectivity index (χ2n) is 7.32. The fourth-order valence-corrected chi connectivity index (χ4v) is 3.92. The van der Waals surface area contributed by atoms with Crippen LogP contribution in [0.15, 0.2) is 18.2 Å².